The molecular weight excluding hydrogens is 380 g/mol. The van der Waals surface area contributed by atoms with Gasteiger partial charge in [0.15, 0.2) is 5.11 Å². The molecule has 2 N–H and O–H groups in total. The molecule has 7 heteroatoms. The Hall–Kier alpha value is -2.31. The first-order valence-electron chi connectivity index (χ1n) is 9.01. The number of piperidine rings is 1. The zero-order valence-corrected chi connectivity index (χ0v) is 16.4. The summed E-state index contributed by atoms with van der Waals surface area (Å²) in [7, 11) is 0. The van der Waals surface area contributed by atoms with Crippen LogP contribution in [0, 0.1) is 0 Å². The van der Waals surface area contributed by atoms with Crippen molar-refractivity contribution in [1.29, 1.82) is 0 Å². The fourth-order valence-electron chi connectivity index (χ4n) is 3.85. The van der Waals surface area contributed by atoms with Crippen LogP contribution in [0.1, 0.15) is 12.8 Å². The van der Waals surface area contributed by atoms with Gasteiger partial charge in [0.25, 0.3) is 0 Å². The molecule has 0 bridgehead atoms. The molecule has 140 valence electrons. The van der Waals surface area contributed by atoms with Gasteiger partial charge < -0.3 is 20.4 Å². The molecule has 0 aliphatic carbocycles. The molecule has 0 radical (unpaired) electrons. The van der Waals surface area contributed by atoms with E-state index < -0.39 is 5.54 Å². The highest BCUT2D eigenvalue weighted by atomic mass is 35.5. The maximum Gasteiger partial charge on any atom is 0.247 e. The maximum absolute atomic E-state index is 12.7. The summed E-state index contributed by atoms with van der Waals surface area (Å²) < 4.78 is 0. The number of nitrogens with zero attached hydrogens (tertiary/aromatic N) is 2. The molecule has 2 aliphatic rings. The minimum absolute atomic E-state index is 0.114. The number of amides is 1. The van der Waals surface area contributed by atoms with Gasteiger partial charge in [0, 0.05) is 29.5 Å². The minimum atomic E-state index is -0.492. The van der Waals surface area contributed by atoms with E-state index in [1.165, 1.54) is 0 Å². The van der Waals surface area contributed by atoms with Crippen LogP contribution >= 0.6 is 23.8 Å². The number of halogens is 1. The Balaban J connectivity index is 1.44. The number of likely N-dealkylation sites (tertiary alicyclic amines) is 1. The predicted octanol–water partition coefficient (Wildman–Crippen LogP) is 3.47. The Labute approximate surface area is 169 Å². The smallest absolute Gasteiger partial charge is 0.247 e. The van der Waals surface area contributed by atoms with Gasteiger partial charge in [0.2, 0.25) is 5.91 Å². The molecule has 27 heavy (non-hydrogen) atoms. The molecule has 1 amide bonds. The SMILES string of the molecule is O=C1NCN(c2ccccc2)C12CCN(C(=S)Nc1ccc(Cl)cc1)CC2. The second kappa shape index (κ2) is 7.37. The van der Waals surface area contributed by atoms with Crippen molar-refractivity contribution in [2.24, 2.45) is 0 Å². The van der Waals surface area contributed by atoms with Crippen LogP contribution in [0.3, 0.4) is 0 Å². The summed E-state index contributed by atoms with van der Waals surface area (Å²) in [5, 5.41) is 7.65. The van der Waals surface area contributed by atoms with Crippen molar-refractivity contribution >= 4 is 46.2 Å². The largest absolute Gasteiger partial charge is 0.349 e. The first-order chi connectivity index (χ1) is 13.1. The quantitative estimate of drug-likeness (QED) is 0.756. The Kier molecular flexibility index (Phi) is 4.93. The van der Waals surface area contributed by atoms with E-state index in [1.54, 1.807) is 0 Å². The summed E-state index contributed by atoms with van der Waals surface area (Å²) in [6.45, 7) is 2.02. The van der Waals surface area contributed by atoms with Crippen molar-refractivity contribution in [2.75, 3.05) is 30.0 Å². The molecule has 2 aromatic carbocycles. The maximum atomic E-state index is 12.7. The Morgan fingerprint density at radius 3 is 2.41 bits per heavy atom. The number of para-hydroxylation sites is 1. The van der Waals surface area contributed by atoms with E-state index in [0.717, 1.165) is 37.3 Å². The molecule has 2 fully saturated rings. The van der Waals surface area contributed by atoms with E-state index in [9.17, 15) is 4.79 Å². The average Bonchev–Trinajstić information content (AvgIpc) is 3.01. The van der Waals surface area contributed by atoms with Crippen LogP contribution in [0.2, 0.25) is 5.02 Å². The predicted molar refractivity (Wildman–Crippen MR) is 113 cm³/mol. The number of carbonyl (C=O) groups excluding carboxylic acids is 1. The van der Waals surface area contributed by atoms with Gasteiger partial charge in [-0.05, 0) is 61.5 Å². The van der Waals surface area contributed by atoms with Crippen molar-refractivity contribution in [3.8, 4) is 0 Å². The van der Waals surface area contributed by atoms with Crippen molar-refractivity contribution in [1.82, 2.24) is 10.2 Å². The van der Waals surface area contributed by atoms with Crippen LogP contribution in [0.5, 0.6) is 0 Å². The van der Waals surface area contributed by atoms with Crippen molar-refractivity contribution in [3.05, 3.63) is 59.6 Å². The molecule has 1 spiro atoms. The molecular formula is C20H21ClN4OS. The molecule has 2 aromatic rings. The molecule has 0 aromatic heterocycles. The highest BCUT2D eigenvalue weighted by molar-refractivity contribution is 7.80. The lowest BCUT2D eigenvalue weighted by Crippen LogP contribution is -2.57. The third kappa shape index (κ3) is 3.47. The number of carbonyl (C=O) groups is 1. The number of benzene rings is 2. The lowest BCUT2D eigenvalue weighted by atomic mass is 9.86. The van der Waals surface area contributed by atoms with E-state index in [0.29, 0.717) is 16.8 Å². The van der Waals surface area contributed by atoms with Crippen LogP contribution in [0.25, 0.3) is 0 Å². The summed E-state index contributed by atoms with van der Waals surface area (Å²) in [4.78, 5) is 17.0. The first kappa shape index (κ1) is 18.1. The molecule has 2 saturated heterocycles. The fourth-order valence-corrected chi connectivity index (χ4v) is 4.27. The normalized spacial score (nSPS) is 18.5. The van der Waals surface area contributed by atoms with Gasteiger partial charge in [-0.15, -0.1) is 0 Å². The zero-order chi connectivity index (χ0) is 18.9. The van der Waals surface area contributed by atoms with Gasteiger partial charge in [-0.2, -0.15) is 0 Å². The average molecular weight is 401 g/mol. The summed E-state index contributed by atoms with van der Waals surface area (Å²) in [5.41, 5.74) is 1.49. The molecule has 2 aliphatic heterocycles. The van der Waals surface area contributed by atoms with Gasteiger partial charge in [-0.25, -0.2) is 0 Å². The van der Waals surface area contributed by atoms with Gasteiger partial charge >= 0.3 is 0 Å². The zero-order valence-electron chi connectivity index (χ0n) is 14.8. The Morgan fingerprint density at radius 2 is 1.74 bits per heavy atom. The van der Waals surface area contributed by atoms with E-state index >= 15 is 0 Å². The monoisotopic (exact) mass is 400 g/mol. The van der Waals surface area contributed by atoms with Crippen molar-refractivity contribution in [2.45, 2.75) is 18.4 Å². The number of nitrogens with one attached hydrogen (secondary N) is 2. The van der Waals surface area contributed by atoms with E-state index in [2.05, 4.69) is 32.6 Å². The van der Waals surface area contributed by atoms with Crippen LogP contribution in [0.15, 0.2) is 54.6 Å². The molecule has 0 atom stereocenters. The molecule has 0 saturated carbocycles. The van der Waals surface area contributed by atoms with Crippen LogP contribution in [-0.4, -0.2) is 41.2 Å². The van der Waals surface area contributed by atoms with E-state index in [1.807, 2.05) is 42.5 Å². The van der Waals surface area contributed by atoms with Crippen molar-refractivity contribution in [3.63, 3.8) is 0 Å². The number of hydrogen-bond donors (Lipinski definition) is 2. The lowest BCUT2D eigenvalue weighted by molar-refractivity contribution is -0.124. The van der Waals surface area contributed by atoms with E-state index in [-0.39, 0.29) is 5.91 Å². The lowest BCUT2D eigenvalue weighted by Gasteiger charge is -2.44. The number of anilines is 2. The van der Waals surface area contributed by atoms with Crippen LogP contribution in [-0.2, 0) is 4.79 Å². The van der Waals surface area contributed by atoms with Crippen LogP contribution < -0.4 is 15.5 Å². The molecule has 2 heterocycles. The summed E-state index contributed by atoms with van der Waals surface area (Å²) >= 11 is 11.5. The summed E-state index contributed by atoms with van der Waals surface area (Å²) in [6.07, 6.45) is 1.46. The van der Waals surface area contributed by atoms with E-state index in [4.69, 9.17) is 23.8 Å². The third-order valence-corrected chi connectivity index (χ3v) is 5.99. The van der Waals surface area contributed by atoms with Gasteiger partial charge in [0.1, 0.15) is 5.54 Å². The second-order valence-electron chi connectivity index (χ2n) is 6.88. The molecule has 4 rings (SSSR count). The number of rotatable bonds is 2. The Bertz CT molecular complexity index is 835. The molecule has 0 unspecified atom stereocenters. The number of hydrogen-bond acceptors (Lipinski definition) is 3. The fraction of sp³-hybridized carbons (Fsp3) is 0.300. The molecule has 5 nitrogen and oxygen atoms in total. The van der Waals surface area contributed by atoms with Gasteiger partial charge in [0.05, 0.1) is 6.67 Å². The summed E-state index contributed by atoms with van der Waals surface area (Å²) in [6, 6.07) is 17.6. The second-order valence-corrected chi connectivity index (χ2v) is 7.71. The standard InChI is InChI=1S/C20H21ClN4OS/c21-15-6-8-16(9-7-15)23-19(27)24-12-10-20(11-13-24)18(26)22-14-25(20)17-4-2-1-3-5-17/h1-9H,10-14H2,(H,22,26)(H,23,27). The highest BCUT2D eigenvalue weighted by Crippen LogP contribution is 2.36. The third-order valence-electron chi connectivity index (χ3n) is 5.38. The van der Waals surface area contributed by atoms with Crippen molar-refractivity contribution < 1.29 is 4.79 Å². The Morgan fingerprint density at radius 1 is 1.07 bits per heavy atom. The highest BCUT2D eigenvalue weighted by Gasteiger charge is 2.50. The summed E-state index contributed by atoms with van der Waals surface area (Å²) in [5.74, 6) is 0.114. The van der Waals surface area contributed by atoms with Crippen LogP contribution in [0.4, 0.5) is 11.4 Å². The first-order valence-corrected chi connectivity index (χ1v) is 9.80. The number of thiocarbonyl (C=S) groups is 1. The minimum Gasteiger partial charge on any atom is -0.349 e. The van der Waals surface area contributed by atoms with Gasteiger partial charge in [-0.3, -0.25) is 4.79 Å². The topological polar surface area (TPSA) is 47.6 Å². The van der Waals surface area contributed by atoms with Gasteiger partial charge in [-0.1, -0.05) is 29.8 Å².